The first kappa shape index (κ1) is 17.9. The van der Waals surface area contributed by atoms with Gasteiger partial charge < -0.3 is 9.84 Å². The van der Waals surface area contributed by atoms with Gasteiger partial charge in [0.1, 0.15) is 11.5 Å². The lowest BCUT2D eigenvalue weighted by atomic mass is 10.1. The number of aromatic hydroxyl groups is 1. The Morgan fingerprint density at radius 1 is 0.750 bits per heavy atom. The maximum atomic E-state index is 10.4. The van der Waals surface area contributed by atoms with Gasteiger partial charge >= 0.3 is 0 Å². The summed E-state index contributed by atoms with van der Waals surface area (Å²) in [5.74, 6) is 1.98. The van der Waals surface area contributed by atoms with Crippen LogP contribution in [0.15, 0.2) is 72.8 Å². The first-order valence-electron chi connectivity index (χ1n) is 8.59. The number of methoxy groups -OCH3 is 1. The van der Waals surface area contributed by atoms with Crippen molar-refractivity contribution in [3.63, 3.8) is 0 Å². The van der Waals surface area contributed by atoms with Crippen molar-refractivity contribution < 1.29 is 9.84 Å². The normalized spacial score (nSPS) is 10.6. The van der Waals surface area contributed by atoms with Crippen LogP contribution in [0, 0.1) is 0 Å². The average molecular weight is 390 g/mol. The highest BCUT2D eigenvalue weighted by atomic mass is 35.5. The van der Waals surface area contributed by atoms with Gasteiger partial charge in [-0.1, -0.05) is 41.9 Å². The van der Waals surface area contributed by atoms with Gasteiger partial charge in [0.15, 0.2) is 17.5 Å². The Morgan fingerprint density at radius 3 is 1.96 bits per heavy atom. The third-order valence-corrected chi connectivity index (χ3v) is 4.47. The van der Waals surface area contributed by atoms with Crippen molar-refractivity contribution in [1.29, 1.82) is 0 Å². The van der Waals surface area contributed by atoms with Gasteiger partial charge in [-0.3, -0.25) is 0 Å². The number of phenolic OH excluding ortho intramolecular Hbond substituents is 1. The molecule has 0 aliphatic heterocycles. The van der Waals surface area contributed by atoms with Crippen molar-refractivity contribution in [2.75, 3.05) is 7.11 Å². The van der Waals surface area contributed by atoms with Gasteiger partial charge in [0.05, 0.1) is 12.7 Å². The number of benzene rings is 3. The van der Waals surface area contributed by atoms with E-state index in [9.17, 15) is 5.11 Å². The third kappa shape index (κ3) is 3.66. The molecule has 0 atom stereocenters. The predicted molar refractivity (Wildman–Crippen MR) is 109 cm³/mol. The zero-order chi connectivity index (χ0) is 19.5. The van der Waals surface area contributed by atoms with Crippen LogP contribution in [0.25, 0.3) is 34.2 Å². The first-order chi connectivity index (χ1) is 13.6. The van der Waals surface area contributed by atoms with E-state index in [1.54, 1.807) is 31.4 Å². The zero-order valence-corrected chi connectivity index (χ0v) is 15.8. The summed E-state index contributed by atoms with van der Waals surface area (Å²) in [6.45, 7) is 0. The Labute approximate surface area is 167 Å². The minimum absolute atomic E-state index is 0.0339. The molecule has 0 saturated carbocycles. The van der Waals surface area contributed by atoms with Gasteiger partial charge in [-0.2, -0.15) is 0 Å². The van der Waals surface area contributed by atoms with Gasteiger partial charge in [0, 0.05) is 22.2 Å². The highest BCUT2D eigenvalue weighted by molar-refractivity contribution is 6.30. The minimum Gasteiger partial charge on any atom is -0.507 e. The number of halogens is 1. The summed E-state index contributed by atoms with van der Waals surface area (Å²) in [5, 5.41) is 11.1. The number of hydrogen-bond donors (Lipinski definition) is 1. The summed E-state index contributed by atoms with van der Waals surface area (Å²) in [6.07, 6.45) is 0. The molecule has 1 N–H and O–H groups in total. The average Bonchev–Trinajstić information content (AvgIpc) is 2.74. The van der Waals surface area contributed by atoms with Crippen molar-refractivity contribution in [2.24, 2.45) is 0 Å². The van der Waals surface area contributed by atoms with Crippen molar-refractivity contribution in [1.82, 2.24) is 15.0 Å². The fraction of sp³-hybridized carbons (Fsp3) is 0.0455. The molecule has 0 aliphatic rings. The van der Waals surface area contributed by atoms with Gasteiger partial charge in [0.25, 0.3) is 0 Å². The van der Waals surface area contributed by atoms with Crippen molar-refractivity contribution in [2.45, 2.75) is 0 Å². The highest BCUT2D eigenvalue weighted by Crippen LogP contribution is 2.32. The first-order valence-corrected chi connectivity index (χ1v) is 8.96. The van der Waals surface area contributed by atoms with Gasteiger partial charge in [-0.25, -0.2) is 15.0 Å². The van der Waals surface area contributed by atoms with Crippen molar-refractivity contribution in [3.05, 3.63) is 77.8 Å². The smallest absolute Gasteiger partial charge is 0.167 e. The van der Waals surface area contributed by atoms with Crippen LogP contribution in [-0.4, -0.2) is 27.2 Å². The summed E-state index contributed by atoms with van der Waals surface area (Å²) in [7, 11) is 1.55. The Hall–Kier alpha value is -3.44. The lowest BCUT2D eigenvalue weighted by Crippen LogP contribution is -2.00. The molecule has 28 heavy (non-hydrogen) atoms. The number of phenols is 1. The second-order valence-corrected chi connectivity index (χ2v) is 6.50. The largest absolute Gasteiger partial charge is 0.507 e. The number of ether oxygens (including phenoxy) is 1. The monoisotopic (exact) mass is 389 g/mol. The molecule has 0 unspecified atom stereocenters. The molecule has 0 saturated heterocycles. The fourth-order valence-corrected chi connectivity index (χ4v) is 2.89. The Balaban J connectivity index is 1.90. The van der Waals surface area contributed by atoms with E-state index in [-0.39, 0.29) is 5.75 Å². The summed E-state index contributed by atoms with van der Waals surface area (Å²) in [4.78, 5) is 13.8. The number of aromatic nitrogens is 3. The van der Waals surface area contributed by atoms with Crippen LogP contribution < -0.4 is 4.74 Å². The van der Waals surface area contributed by atoms with E-state index in [0.29, 0.717) is 33.8 Å². The summed E-state index contributed by atoms with van der Waals surface area (Å²) in [6, 6.07) is 21.9. The van der Waals surface area contributed by atoms with E-state index in [4.69, 9.17) is 16.3 Å². The second kappa shape index (κ2) is 7.66. The molecule has 3 aromatic carbocycles. The van der Waals surface area contributed by atoms with Crippen LogP contribution in [0.1, 0.15) is 0 Å². The molecule has 0 amide bonds. The fourth-order valence-electron chi connectivity index (χ4n) is 2.77. The summed E-state index contributed by atoms with van der Waals surface area (Å²) >= 11 is 6.00. The van der Waals surface area contributed by atoms with Gasteiger partial charge in [0.2, 0.25) is 0 Å². The minimum atomic E-state index is 0.0339. The maximum Gasteiger partial charge on any atom is 0.167 e. The molecule has 0 aliphatic carbocycles. The molecule has 1 heterocycles. The molecule has 1 aromatic heterocycles. The Bertz CT molecular complexity index is 1120. The summed E-state index contributed by atoms with van der Waals surface area (Å²) < 4.78 is 5.16. The predicted octanol–water partition coefficient (Wildman–Crippen LogP) is 5.24. The lowest BCUT2D eigenvalue weighted by Gasteiger charge is -2.10. The van der Waals surface area contributed by atoms with Crippen molar-refractivity contribution >= 4 is 11.6 Å². The molecule has 0 fully saturated rings. The number of rotatable bonds is 4. The quantitative estimate of drug-likeness (QED) is 0.517. The van der Waals surface area contributed by atoms with Crippen LogP contribution in [0.4, 0.5) is 0 Å². The lowest BCUT2D eigenvalue weighted by molar-refractivity contribution is 0.408. The molecule has 0 bridgehead atoms. The second-order valence-electron chi connectivity index (χ2n) is 6.06. The SMILES string of the molecule is COc1ccc(-c2nc(-c3ccccc3)nc(-c3ccc(Cl)cc3)n2)c(O)c1. The van der Waals surface area contributed by atoms with Crippen LogP contribution in [0.3, 0.4) is 0 Å². The molecule has 0 radical (unpaired) electrons. The van der Waals surface area contributed by atoms with Crippen LogP contribution in [0.5, 0.6) is 11.5 Å². The Kier molecular flexibility index (Phi) is 4.91. The Morgan fingerprint density at radius 2 is 1.36 bits per heavy atom. The zero-order valence-electron chi connectivity index (χ0n) is 15.0. The van der Waals surface area contributed by atoms with Crippen LogP contribution in [-0.2, 0) is 0 Å². The van der Waals surface area contributed by atoms with E-state index in [1.165, 1.54) is 6.07 Å². The molecule has 4 rings (SSSR count). The van der Waals surface area contributed by atoms with Crippen molar-refractivity contribution in [3.8, 4) is 45.7 Å². The van der Waals surface area contributed by atoms with Crippen LogP contribution >= 0.6 is 11.6 Å². The molecule has 4 aromatic rings. The van der Waals surface area contributed by atoms with Crippen LogP contribution in [0.2, 0.25) is 5.02 Å². The van der Waals surface area contributed by atoms with E-state index < -0.39 is 0 Å². The van der Waals surface area contributed by atoms with Gasteiger partial charge in [-0.15, -0.1) is 0 Å². The van der Waals surface area contributed by atoms with E-state index >= 15 is 0 Å². The third-order valence-electron chi connectivity index (χ3n) is 4.22. The molecule has 6 heteroatoms. The topological polar surface area (TPSA) is 68.1 Å². The number of hydrogen-bond acceptors (Lipinski definition) is 5. The molecule has 5 nitrogen and oxygen atoms in total. The maximum absolute atomic E-state index is 10.4. The molecular formula is C22H16ClN3O2. The molecule has 0 spiro atoms. The van der Waals surface area contributed by atoms with E-state index in [2.05, 4.69) is 15.0 Å². The van der Waals surface area contributed by atoms with E-state index in [0.717, 1.165) is 11.1 Å². The molecular weight excluding hydrogens is 374 g/mol. The highest BCUT2D eigenvalue weighted by Gasteiger charge is 2.15. The summed E-state index contributed by atoms with van der Waals surface area (Å²) in [5.41, 5.74) is 2.16. The molecule has 138 valence electrons. The standard InChI is InChI=1S/C22H16ClN3O2/c1-28-17-11-12-18(19(27)13-17)22-25-20(14-5-3-2-4-6-14)24-21(26-22)15-7-9-16(23)10-8-15/h2-13,27H,1H3. The van der Waals surface area contributed by atoms with E-state index in [1.807, 2.05) is 42.5 Å². The number of nitrogens with zero attached hydrogens (tertiary/aromatic N) is 3. The van der Waals surface area contributed by atoms with Gasteiger partial charge in [-0.05, 0) is 36.4 Å².